The van der Waals surface area contributed by atoms with Crippen LogP contribution in [0.3, 0.4) is 0 Å². The molecule has 2 aromatic carbocycles. The number of carbonyl (C=O) groups is 1. The Morgan fingerprint density at radius 3 is 1.81 bits per heavy atom. The third kappa shape index (κ3) is 6.81. The number of hydrogen-bond donors (Lipinski definition) is 0. The van der Waals surface area contributed by atoms with E-state index in [1.54, 1.807) is 4.90 Å². The van der Waals surface area contributed by atoms with Gasteiger partial charge in [-0.15, -0.1) is 0 Å². The summed E-state index contributed by atoms with van der Waals surface area (Å²) in [6, 6.07) is 19.3. The maximum atomic E-state index is 12.8. The maximum Gasteiger partial charge on any atom is 0.224 e. The van der Waals surface area contributed by atoms with Crippen molar-refractivity contribution in [2.45, 2.75) is 39.4 Å². The molecule has 5 nitrogen and oxygen atoms in total. The standard InChI is InChI=1S/C21H28N2O3S/c1-18(2)23(17-20-12-8-5-9-13-20)21(24)14-15-22(27(3,25)26)16-19-10-6-4-7-11-19/h4-13,18H,14-17H2,1-3H3. The topological polar surface area (TPSA) is 57.7 Å². The van der Waals surface area contributed by atoms with Gasteiger partial charge in [-0.05, 0) is 25.0 Å². The van der Waals surface area contributed by atoms with Gasteiger partial charge in [-0.1, -0.05) is 60.7 Å². The van der Waals surface area contributed by atoms with E-state index in [0.29, 0.717) is 6.54 Å². The van der Waals surface area contributed by atoms with Crippen LogP contribution in [0, 0.1) is 0 Å². The van der Waals surface area contributed by atoms with Crippen molar-refractivity contribution in [2.75, 3.05) is 12.8 Å². The predicted molar refractivity (Wildman–Crippen MR) is 108 cm³/mol. The number of benzene rings is 2. The third-order valence-electron chi connectivity index (χ3n) is 4.39. The molecule has 0 aliphatic carbocycles. The minimum atomic E-state index is -3.40. The van der Waals surface area contributed by atoms with Crippen LogP contribution in [0.25, 0.3) is 0 Å². The highest BCUT2D eigenvalue weighted by Gasteiger charge is 2.22. The predicted octanol–water partition coefficient (Wildman–Crippen LogP) is 3.28. The second kappa shape index (κ2) is 9.67. The van der Waals surface area contributed by atoms with E-state index in [-0.39, 0.29) is 31.5 Å². The summed E-state index contributed by atoms with van der Waals surface area (Å²) in [5.41, 5.74) is 1.96. The van der Waals surface area contributed by atoms with E-state index in [2.05, 4.69) is 0 Å². The van der Waals surface area contributed by atoms with Crippen molar-refractivity contribution in [1.29, 1.82) is 0 Å². The Morgan fingerprint density at radius 2 is 1.37 bits per heavy atom. The molecule has 0 fully saturated rings. The molecule has 0 atom stereocenters. The monoisotopic (exact) mass is 388 g/mol. The SMILES string of the molecule is CC(C)N(Cc1ccccc1)C(=O)CCN(Cc1ccccc1)S(C)(=O)=O. The molecule has 0 aromatic heterocycles. The molecule has 0 saturated heterocycles. The summed E-state index contributed by atoms with van der Waals surface area (Å²) in [4.78, 5) is 14.6. The normalized spacial score (nSPS) is 11.7. The average Bonchev–Trinajstić information content (AvgIpc) is 2.63. The highest BCUT2D eigenvalue weighted by molar-refractivity contribution is 7.88. The lowest BCUT2D eigenvalue weighted by molar-refractivity contribution is -0.133. The van der Waals surface area contributed by atoms with E-state index in [4.69, 9.17) is 0 Å². The average molecular weight is 389 g/mol. The van der Waals surface area contributed by atoms with Crippen LogP contribution in [0.1, 0.15) is 31.4 Å². The quantitative estimate of drug-likeness (QED) is 0.662. The third-order valence-corrected chi connectivity index (χ3v) is 5.63. The van der Waals surface area contributed by atoms with Gasteiger partial charge >= 0.3 is 0 Å². The van der Waals surface area contributed by atoms with E-state index in [9.17, 15) is 13.2 Å². The number of hydrogen-bond acceptors (Lipinski definition) is 3. The van der Waals surface area contributed by atoms with Crippen LogP contribution < -0.4 is 0 Å². The van der Waals surface area contributed by atoms with Crippen molar-refractivity contribution in [3.05, 3.63) is 71.8 Å². The first-order valence-corrected chi connectivity index (χ1v) is 10.9. The fraction of sp³-hybridized carbons (Fsp3) is 0.381. The molecule has 0 unspecified atom stereocenters. The summed E-state index contributed by atoms with van der Waals surface area (Å²) in [5, 5.41) is 0. The molecule has 6 heteroatoms. The molecule has 0 saturated carbocycles. The Morgan fingerprint density at radius 1 is 0.889 bits per heavy atom. The lowest BCUT2D eigenvalue weighted by Crippen LogP contribution is -2.39. The summed E-state index contributed by atoms with van der Waals surface area (Å²) in [6.45, 7) is 4.91. The van der Waals surface area contributed by atoms with Gasteiger partial charge in [0.1, 0.15) is 0 Å². The molecule has 2 aromatic rings. The second-order valence-corrected chi connectivity index (χ2v) is 8.92. The van der Waals surface area contributed by atoms with Crippen LogP contribution in [0.4, 0.5) is 0 Å². The maximum absolute atomic E-state index is 12.8. The van der Waals surface area contributed by atoms with Crippen LogP contribution in [-0.2, 0) is 27.9 Å². The number of amides is 1. The molecule has 0 heterocycles. The Kier molecular flexibility index (Phi) is 7.56. The van der Waals surface area contributed by atoms with Crippen molar-refractivity contribution in [3.8, 4) is 0 Å². The van der Waals surface area contributed by atoms with Crippen molar-refractivity contribution in [3.63, 3.8) is 0 Å². The molecular weight excluding hydrogens is 360 g/mol. The number of nitrogens with zero attached hydrogens (tertiary/aromatic N) is 2. The zero-order chi connectivity index (χ0) is 19.9. The molecule has 146 valence electrons. The van der Waals surface area contributed by atoms with Gasteiger partial charge in [0, 0.05) is 32.1 Å². The first-order chi connectivity index (χ1) is 12.8. The van der Waals surface area contributed by atoms with Gasteiger partial charge in [0.2, 0.25) is 15.9 Å². The first-order valence-electron chi connectivity index (χ1n) is 9.10. The van der Waals surface area contributed by atoms with Gasteiger partial charge in [0.15, 0.2) is 0 Å². The van der Waals surface area contributed by atoms with Crippen LogP contribution in [-0.4, -0.2) is 42.4 Å². The zero-order valence-corrected chi connectivity index (χ0v) is 17.0. The molecule has 27 heavy (non-hydrogen) atoms. The Balaban J connectivity index is 2.04. The second-order valence-electron chi connectivity index (χ2n) is 6.93. The van der Waals surface area contributed by atoms with Gasteiger partial charge in [0.05, 0.1) is 6.26 Å². The van der Waals surface area contributed by atoms with Crippen molar-refractivity contribution in [1.82, 2.24) is 9.21 Å². The van der Waals surface area contributed by atoms with Gasteiger partial charge < -0.3 is 4.90 Å². The number of sulfonamides is 1. The fourth-order valence-electron chi connectivity index (χ4n) is 2.85. The van der Waals surface area contributed by atoms with Gasteiger partial charge in [-0.25, -0.2) is 8.42 Å². The Bertz CT molecular complexity index is 821. The summed E-state index contributed by atoms with van der Waals surface area (Å²) < 4.78 is 25.7. The van der Waals surface area contributed by atoms with Crippen LogP contribution >= 0.6 is 0 Å². The number of rotatable bonds is 9. The lowest BCUT2D eigenvalue weighted by atomic mass is 10.1. The molecule has 0 radical (unpaired) electrons. The number of carbonyl (C=O) groups excluding carboxylic acids is 1. The summed E-state index contributed by atoms with van der Waals surface area (Å²) in [7, 11) is -3.40. The largest absolute Gasteiger partial charge is 0.336 e. The van der Waals surface area contributed by atoms with Crippen molar-refractivity contribution >= 4 is 15.9 Å². The summed E-state index contributed by atoms with van der Waals surface area (Å²) in [5.74, 6) is -0.0458. The van der Waals surface area contributed by atoms with E-state index in [1.165, 1.54) is 10.6 Å². The Labute approximate surface area is 162 Å². The minimum Gasteiger partial charge on any atom is -0.336 e. The van der Waals surface area contributed by atoms with Gasteiger partial charge in [0.25, 0.3) is 0 Å². The smallest absolute Gasteiger partial charge is 0.224 e. The van der Waals surface area contributed by atoms with E-state index in [1.807, 2.05) is 74.5 Å². The summed E-state index contributed by atoms with van der Waals surface area (Å²) in [6.07, 6.45) is 1.34. The highest BCUT2D eigenvalue weighted by Crippen LogP contribution is 2.13. The Hall–Kier alpha value is -2.18. The van der Waals surface area contributed by atoms with Crippen LogP contribution in [0.2, 0.25) is 0 Å². The van der Waals surface area contributed by atoms with Gasteiger partial charge in [-0.2, -0.15) is 4.31 Å². The highest BCUT2D eigenvalue weighted by atomic mass is 32.2. The van der Waals surface area contributed by atoms with E-state index >= 15 is 0 Å². The van der Waals surface area contributed by atoms with E-state index in [0.717, 1.165) is 11.1 Å². The zero-order valence-electron chi connectivity index (χ0n) is 16.2. The van der Waals surface area contributed by atoms with E-state index < -0.39 is 10.0 Å². The fourth-order valence-corrected chi connectivity index (χ4v) is 3.66. The lowest BCUT2D eigenvalue weighted by Gasteiger charge is -2.28. The van der Waals surface area contributed by atoms with Gasteiger partial charge in [-0.3, -0.25) is 4.79 Å². The van der Waals surface area contributed by atoms with Crippen LogP contribution in [0.15, 0.2) is 60.7 Å². The first kappa shape index (κ1) is 21.1. The minimum absolute atomic E-state index is 0.0403. The molecule has 2 rings (SSSR count). The summed E-state index contributed by atoms with van der Waals surface area (Å²) >= 11 is 0. The van der Waals surface area contributed by atoms with Crippen molar-refractivity contribution in [2.24, 2.45) is 0 Å². The molecule has 0 N–H and O–H groups in total. The molecule has 0 spiro atoms. The molecule has 0 aliphatic rings. The van der Waals surface area contributed by atoms with Crippen LogP contribution in [0.5, 0.6) is 0 Å². The molecule has 0 aliphatic heterocycles. The molecular formula is C21H28N2O3S. The molecule has 0 bridgehead atoms. The van der Waals surface area contributed by atoms with Crippen molar-refractivity contribution < 1.29 is 13.2 Å². The molecule has 1 amide bonds.